The maximum absolute atomic E-state index is 5.79. The number of anilines is 2. The Kier molecular flexibility index (Phi) is 2.95. The van der Waals surface area contributed by atoms with Gasteiger partial charge in [-0.25, -0.2) is 4.98 Å². The maximum atomic E-state index is 5.79. The van der Waals surface area contributed by atoms with E-state index in [1.807, 2.05) is 0 Å². The SMILES string of the molecule is CC(Nc1cc(Cl)nc(N)n1)C1CCC1. The highest BCUT2D eigenvalue weighted by Crippen LogP contribution is 2.30. The first-order chi connectivity index (χ1) is 7.15. The molecule has 0 bridgehead atoms. The number of hydrogen-bond acceptors (Lipinski definition) is 4. The monoisotopic (exact) mass is 226 g/mol. The fourth-order valence-corrected chi connectivity index (χ4v) is 1.99. The zero-order chi connectivity index (χ0) is 10.8. The lowest BCUT2D eigenvalue weighted by Crippen LogP contribution is -2.31. The first-order valence-electron chi connectivity index (χ1n) is 5.22. The lowest BCUT2D eigenvalue weighted by molar-refractivity contribution is 0.285. The van der Waals surface area contributed by atoms with Crippen molar-refractivity contribution in [3.63, 3.8) is 0 Å². The van der Waals surface area contributed by atoms with E-state index < -0.39 is 0 Å². The van der Waals surface area contributed by atoms with Crippen molar-refractivity contribution in [1.29, 1.82) is 0 Å². The van der Waals surface area contributed by atoms with E-state index in [2.05, 4.69) is 22.2 Å². The van der Waals surface area contributed by atoms with Gasteiger partial charge in [0.15, 0.2) is 0 Å². The Labute approximate surface area is 94.2 Å². The second kappa shape index (κ2) is 4.23. The number of aromatic nitrogens is 2. The predicted octanol–water partition coefficient (Wildman–Crippen LogP) is 2.31. The van der Waals surface area contributed by atoms with Crippen molar-refractivity contribution in [2.75, 3.05) is 11.1 Å². The molecule has 1 heterocycles. The number of nitrogen functional groups attached to an aromatic ring is 1. The van der Waals surface area contributed by atoms with Crippen molar-refractivity contribution in [3.05, 3.63) is 11.2 Å². The van der Waals surface area contributed by atoms with Gasteiger partial charge in [0.1, 0.15) is 11.0 Å². The Morgan fingerprint density at radius 2 is 2.27 bits per heavy atom. The molecule has 1 aliphatic carbocycles. The van der Waals surface area contributed by atoms with Gasteiger partial charge in [-0.3, -0.25) is 0 Å². The number of rotatable bonds is 3. The van der Waals surface area contributed by atoms with Gasteiger partial charge in [-0.1, -0.05) is 18.0 Å². The van der Waals surface area contributed by atoms with E-state index in [1.54, 1.807) is 6.07 Å². The van der Waals surface area contributed by atoms with Crippen molar-refractivity contribution in [2.45, 2.75) is 32.2 Å². The Morgan fingerprint density at radius 3 is 2.80 bits per heavy atom. The summed E-state index contributed by atoms with van der Waals surface area (Å²) in [6.45, 7) is 2.16. The normalized spacial score (nSPS) is 18.3. The molecular weight excluding hydrogens is 212 g/mol. The second-order valence-corrected chi connectivity index (χ2v) is 4.45. The van der Waals surface area contributed by atoms with Crippen molar-refractivity contribution in [1.82, 2.24) is 9.97 Å². The Hall–Kier alpha value is -1.03. The third-order valence-corrected chi connectivity index (χ3v) is 3.14. The second-order valence-electron chi connectivity index (χ2n) is 4.06. The van der Waals surface area contributed by atoms with Crippen LogP contribution in [-0.4, -0.2) is 16.0 Å². The van der Waals surface area contributed by atoms with E-state index in [0.29, 0.717) is 17.0 Å². The van der Waals surface area contributed by atoms with Crippen molar-refractivity contribution in [3.8, 4) is 0 Å². The molecule has 4 nitrogen and oxygen atoms in total. The summed E-state index contributed by atoms with van der Waals surface area (Å²) in [5.41, 5.74) is 5.51. The van der Waals surface area contributed by atoms with Gasteiger partial charge in [0.2, 0.25) is 5.95 Å². The molecule has 0 amide bonds. The molecule has 1 aromatic rings. The van der Waals surface area contributed by atoms with Gasteiger partial charge >= 0.3 is 0 Å². The van der Waals surface area contributed by atoms with Gasteiger partial charge in [-0.05, 0) is 25.7 Å². The third-order valence-electron chi connectivity index (χ3n) is 2.94. The molecule has 0 aliphatic heterocycles. The summed E-state index contributed by atoms with van der Waals surface area (Å²) in [7, 11) is 0. The molecule has 1 atom stereocenters. The van der Waals surface area contributed by atoms with Crippen LogP contribution in [0.3, 0.4) is 0 Å². The van der Waals surface area contributed by atoms with E-state index in [1.165, 1.54) is 19.3 Å². The molecule has 0 radical (unpaired) electrons. The molecule has 82 valence electrons. The van der Waals surface area contributed by atoms with Crippen LogP contribution in [0.1, 0.15) is 26.2 Å². The van der Waals surface area contributed by atoms with Crippen molar-refractivity contribution in [2.24, 2.45) is 5.92 Å². The van der Waals surface area contributed by atoms with Crippen molar-refractivity contribution >= 4 is 23.4 Å². The van der Waals surface area contributed by atoms with Crippen LogP contribution in [-0.2, 0) is 0 Å². The standard InChI is InChI=1S/C10H15ClN4/c1-6(7-3-2-4-7)13-9-5-8(11)14-10(12)15-9/h5-7H,2-4H2,1H3,(H3,12,13,14,15). The summed E-state index contributed by atoms with van der Waals surface area (Å²) in [5.74, 6) is 1.68. The van der Waals surface area contributed by atoms with E-state index in [-0.39, 0.29) is 5.95 Å². The van der Waals surface area contributed by atoms with Crippen LogP contribution >= 0.6 is 11.6 Å². The Balaban J connectivity index is 2.02. The zero-order valence-corrected chi connectivity index (χ0v) is 9.46. The lowest BCUT2D eigenvalue weighted by atomic mass is 9.80. The van der Waals surface area contributed by atoms with Crippen LogP contribution in [0.4, 0.5) is 11.8 Å². The minimum atomic E-state index is 0.214. The smallest absolute Gasteiger partial charge is 0.223 e. The minimum absolute atomic E-state index is 0.214. The average Bonchev–Trinajstić information content (AvgIpc) is 1.96. The fraction of sp³-hybridized carbons (Fsp3) is 0.600. The van der Waals surface area contributed by atoms with Gasteiger partial charge in [-0.15, -0.1) is 0 Å². The predicted molar refractivity (Wildman–Crippen MR) is 61.9 cm³/mol. The van der Waals surface area contributed by atoms with Gasteiger partial charge in [-0.2, -0.15) is 4.98 Å². The van der Waals surface area contributed by atoms with Gasteiger partial charge in [0.05, 0.1) is 0 Å². The highest BCUT2D eigenvalue weighted by atomic mass is 35.5. The highest BCUT2D eigenvalue weighted by Gasteiger charge is 2.23. The molecule has 0 spiro atoms. The summed E-state index contributed by atoms with van der Waals surface area (Å²) < 4.78 is 0. The van der Waals surface area contributed by atoms with Crippen LogP contribution in [0.2, 0.25) is 5.15 Å². The molecule has 1 fully saturated rings. The van der Waals surface area contributed by atoms with E-state index in [4.69, 9.17) is 17.3 Å². The van der Waals surface area contributed by atoms with Crippen LogP contribution in [0, 0.1) is 5.92 Å². The van der Waals surface area contributed by atoms with Crippen LogP contribution < -0.4 is 11.1 Å². The number of nitrogens with zero attached hydrogens (tertiary/aromatic N) is 2. The molecule has 5 heteroatoms. The summed E-state index contributed by atoms with van der Waals surface area (Å²) in [5, 5.41) is 3.69. The van der Waals surface area contributed by atoms with E-state index in [0.717, 1.165) is 5.92 Å². The molecule has 15 heavy (non-hydrogen) atoms. The molecule has 0 aromatic carbocycles. The molecule has 1 aromatic heterocycles. The molecule has 0 saturated heterocycles. The molecule has 1 unspecified atom stereocenters. The Bertz CT molecular complexity index is 331. The van der Waals surface area contributed by atoms with Gasteiger partial charge in [0.25, 0.3) is 0 Å². The summed E-state index contributed by atoms with van der Waals surface area (Å²) in [4.78, 5) is 7.90. The highest BCUT2D eigenvalue weighted by molar-refractivity contribution is 6.29. The number of nitrogens with two attached hydrogens (primary N) is 1. The number of nitrogens with one attached hydrogen (secondary N) is 1. The summed E-state index contributed by atoms with van der Waals surface area (Å²) in [6.07, 6.45) is 3.92. The van der Waals surface area contributed by atoms with E-state index in [9.17, 15) is 0 Å². The first kappa shape index (κ1) is 10.5. The minimum Gasteiger partial charge on any atom is -0.368 e. The molecule has 1 saturated carbocycles. The summed E-state index contributed by atoms with van der Waals surface area (Å²) in [6, 6.07) is 2.12. The molecular formula is C10H15ClN4. The number of hydrogen-bond donors (Lipinski definition) is 2. The van der Waals surface area contributed by atoms with Crippen LogP contribution in [0.5, 0.6) is 0 Å². The molecule has 2 rings (SSSR count). The van der Waals surface area contributed by atoms with Crippen LogP contribution in [0.15, 0.2) is 6.07 Å². The molecule has 3 N–H and O–H groups in total. The number of halogens is 1. The topological polar surface area (TPSA) is 63.8 Å². The summed E-state index contributed by atoms with van der Waals surface area (Å²) >= 11 is 5.79. The maximum Gasteiger partial charge on any atom is 0.223 e. The Morgan fingerprint density at radius 1 is 1.53 bits per heavy atom. The third kappa shape index (κ3) is 2.50. The lowest BCUT2D eigenvalue weighted by Gasteiger charge is -2.32. The zero-order valence-electron chi connectivity index (χ0n) is 8.70. The quantitative estimate of drug-likeness (QED) is 0.777. The first-order valence-corrected chi connectivity index (χ1v) is 5.59. The molecule has 1 aliphatic rings. The van der Waals surface area contributed by atoms with Gasteiger partial charge < -0.3 is 11.1 Å². The van der Waals surface area contributed by atoms with Gasteiger partial charge in [0, 0.05) is 12.1 Å². The average molecular weight is 227 g/mol. The largest absolute Gasteiger partial charge is 0.368 e. The van der Waals surface area contributed by atoms with Crippen LogP contribution in [0.25, 0.3) is 0 Å². The van der Waals surface area contributed by atoms with Crippen molar-refractivity contribution < 1.29 is 0 Å². The fourth-order valence-electron chi connectivity index (χ4n) is 1.80. The van der Waals surface area contributed by atoms with E-state index >= 15 is 0 Å².